The minimum absolute atomic E-state index is 0.0178. The highest BCUT2D eigenvalue weighted by Crippen LogP contribution is 2.35. The number of benzene rings is 1. The number of hydrogen-bond acceptors (Lipinski definition) is 6. The molecule has 1 atom stereocenters. The van der Waals surface area contributed by atoms with Crippen molar-refractivity contribution >= 4 is 27.6 Å². The molecular formula is C18H18F3NO5S. The number of sulfone groups is 1. The van der Waals surface area contributed by atoms with Crippen molar-refractivity contribution in [1.82, 2.24) is 0 Å². The maximum Gasteiger partial charge on any atom is 0.416 e. The first-order valence-electron chi connectivity index (χ1n) is 8.22. The van der Waals surface area contributed by atoms with Crippen LogP contribution in [0.1, 0.15) is 28.8 Å². The van der Waals surface area contributed by atoms with Crippen molar-refractivity contribution in [3.8, 4) is 0 Å². The SMILES string of the molecule is C=CCON=CC(C(=O)c1ccc(C(F)(F)F)cc1S(C)(=O)=O)C(=O)C1CC1. The zero-order valence-electron chi connectivity index (χ0n) is 14.9. The number of hydrogen-bond donors (Lipinski definition) is 0. The highest BCUT2D eigenvalue weighted by molar-refractivity contribution is 7.90. The largest absolute Gasteiger partial charge is 0.416 e. The van der Waals surface area contributed by atoms with Gasteiger partial charge in [0, 0.05) is 17.7 Å². The maximum absolute atomic E-state index is 12.9. The summed E-state index contributed by atoms with van der Waals surface area (Å²) >= 11 is 0. The van der Waals surface area contributed by atoms with Crippen LogP contribution < -0.4 is 0 Å². The van der Waals surface area contributed by atoms with Gasteiger partial charge in [-0.1, -0.05) is 17.8 Å². The van der Waals surface area contributed by atoms with Gasteiger partial charge in [0.05, 0.1) is 16.7 Å². The number of halogens is 3. The second-order valence-electron chi connectivity index (χ2n) is 6.34. The molecule has 1 aromatic carbocycles. The number of Topliss-reactive ketones (excluding diaryl/α,β-unsaturated/α-hetero) is 2. The molecular weight excluding hydrogens is 399 g/mol. The molecule has 0 amide bonds. The third-order valence-electron chi connectivity index (χ3n) is 4.02. The predicted octanol–water partition coefficient (Wildman–Crippen LogP) is 3.08. The lowest BCUT2D eigenvalue weighted by Crippen LogP contribution is -2.28. The summed E-state index contributed by atoms with van der Waals surface area (Å²) < 4.78 is 62.9. The predicted molar refractivity (Wildman–Crippen MR) is 94.7 cm³/mol. The van der Waals surface area contributed by atoms with E-state index in [-0.39, 0.29) is 12.5 Å². The number of alkyl halides is 3. The van der Waals surface area contributed by atoms with Crippen LogP contribution >= 0.6 is 0 Å². The van der Waals surface area contributed by atoms with E-state index in [0.29, 0.717) is 31.2 Å². The van der Waals surface area contributed by atoms with Crippen LogP contribution in [0, 0.1) is 11.8 Å². The van der Waals surface area contributed by atoms with E-state index < -0.39 is 49.5 Å². The molecule has 1 fully saturated rings. The van der Waals surface area contributed by atoms with E-state index in [1.54, 1.807) is 0 Å². The first-order chi connectivity index (χ1) is 13.0. The van der Waals surface area contributed by atoms with Crippen LogP contribution in [0.15, 0.2) is 40.9 Å². The Morgan fingerprint density at radius 3 is 2.50 bits per heavy atom. The Kier molecular flexibility index (Phi) is 6.43. The third-order valence-corrected chi connectivity index (χ3v) is 5.16. The van der Waals surface area contributed by atoms with Gasteiger partial charge in [-0.2, -0.15) is 13.2 Å². The van der Waals surface area contributed by atoms with E-state index in [4.69, 9.17) is 4.84 Å². The molecule has 152 valence electrons. The smallest absolute Gasteiger partial charge is 0.392 e. The van der Waals surface area contributed by atoms with E-state index in [0.717, 1.165) is 12.3 Å². The Hall–Kier alpha value is -2.49. The van der Waals surface area contributed by atoms with Crippen LogP contribution in [0.4, 0.5) is 13.2 Å². The molecule has 6 nitrogen and oxygen atoms in total. The molecule has 1 saturated carbocycles. The molecule has 1 unspecified atom stereocenters. The summed E-state index contributed by atoms with van der Waals surface area (Å²) in [7, 11) is -4.18. The fourth-order valence-electron chi connectivity index (χ4n) is 2.47. The molecule has 0 spiro atoms. The zero-order valence-corrected chi connectivity index (χ0v) is 15.7. The van der Waals surface area contributed by atoms with Crippen LogP contribution in [-0.4, -0.2) is 39.1 Å². The quantitative estimate of drug-likeness (QED) is 0.154. The Bertz CT molecular complexity index is 918. The molecule has 0 aliphatic heterocycles. The number of rotatable bonds is 9. The lowest BCUT2D eigenvalue weighted by atomic mass is 9.92. The third kappa shape index (κ3) is 5.28. The van der Waals surface area contributed by atoms with Gasteiger partial charge in [0.2, 0.25) is 0 Å². The summed E-state index contributed by atoms with van der Waals surface area (Å²) in [6.07, 6.45) is -0.612. The van der Waals surface area contributed by atoms with Crippen molar-refractivity contribution in [2.45, 2.75) is 23.9 Å². The first-order valence-corrected chi connectivity index (χ1v) is 10.1. The van der Waals surface area contributed by atoms with Crippen LogP contribution in [-0.2, 0) is 25.6 Å². The molecule has 0 heterocycles. The summed E-state index contributed by atoms with van der Waals surface area (Å²) in [5.74, 6) is -3.24. The van der Waals surface area contributed by atoms with E-state index >= 15 is 0 Å². The highest BCUT2D eigenvalue weighted by Gasteiger charge is 2.40. The van der Waals surface area contributed by atoms with Crippen molar-refractivity contribution in [3.05, 3.63) is 42.0 Å². The molecule has 0 saturated heterocycles. The first kappa shape index (κ1) is 21.8. The minimum Gasteiger partial charge on any atom is -0.392 e. The number of carbonyl (C=O) groups excluding carboxylic acids is 2. The fourth-order valence-corrected chi connectivity index (χ4v) is 3.38. The van der Waals surface area contributed by atoms with E-state index in [1.165, 1.54) is 6.08 Å². The second-order valence-corrected chi connectivity index (χ2v) is 8.32. The average molecular weight is 417 g/mol. The van der Waals surface area contributed by atoms with E-state index in [9.17, 15) is 31.2 Å². The van der Waals surface area contributed by atoms with Crippen molar-refractivity contribution in [1.29, 1.82) is 0 Å². The molecule has 1 aliphatic rings. The standard InChI is InChI=1S/C18H18F3NO5S/c1-3-8-27-22-10-14(16(23)11-4-5-11)17(24)13-7-6-12(18(19,20)21)9-15(13)28(2,25)26/h3,6-7,9-11,14H,1,4-5,8H2,2H3. The highest BCUT2D eigenvalue weighted by atomic mass is 32.2. The van der Waals surface area contributed by atoms with Crippen molar-refractivity contribution < 1.29 is 36.0 Å². The van der Waals surface area contributed by atoms with E-state index in [1.807, 2.05) is 0 Å². The number of nitrogens with zero attached hydrogens (tertiary/aromatic N) is 1. The average Bonchev–Trinajstić information content (AvgIpc) is 3.44. The van der Waals surface area contributed by atoms with Gasteiger partial charge in [0.25, 0.3) is 0 Å². The Labute approximate surface area is 160 Å². The van der Waals surface area contributed by atoms with Crippen LogP contribution in [0.5, 0.6) is 0 Å². The van der Waals surface area contributed by atoms with Crippen LogP contribution in [0.25, 0.3) is 0 Å². The van der Waals surface area contributed by atoms with E-state index in [2.05, 4.69) is 11.7 Å². The van der Waals surface area contributed by atoms with Gasteiger partial charge in [-0.05, 0) is 31.0 Å². The van der Waals surface area contributed by atoms with Crippen molar-refractivity contribution in [2.24, 2.45) is 17.0 Å². The van der Waals surface area contributed by atoms with Gasteiger partial charge in [0.1, 0.15) is 12.5 Å². The molecule has 1 aromatic rings. The normalized spacial score (nSPS) is 16.0. The molecule has 0 aromatic heterocycles. The molecule has 28 heavy (non-hydrogen) atoms. The van der Waals surface area contributed by atoms with Crippen LogP contribution in [0.3, 0.4) is 0 Å². The lowest BCUT2D eigenvalue weighted by Gasteiger charge is -2.15. The van der Waals surface area contributed by atoms with Gasteiger partial charge in [-0.15, -0.1) is 0 Å². The van der Waals surface area contributed by atoms with Crippen molar-refractivity contribution in [3.63, 3.8) is 0 Å². The van der Waals surface area contributed by atoms with Gasteiger partial charge in [0.15, 0.2) is 21.4 Å². The molecule has 0 N–H and O–H groups in total. The molecule has 10 heteroatoms. The zero-order chi connectivity index (χ0) is 21.1. The van der Waals surface area contributed by atoms with Gasteiger partial charge in [-0.3, -0.25) is 9.59 Å². The maximum atomic E-state index is 12.9. The molecule has 2 rings (SSSR count). The van der Waals surface area contributed by atoms with Crippen LogP contribution in [0.2, 0.25) is 0 Å². The van der Waals surface area contributed by atoms with Crippen molar-refractivity contribution in [2.75, 3.05) is 12.9 Å². The topological polar surface area (TPSA) is 89.9 Å². The Morgan fingerprint density at radius 2 is 2.00 bits per heavy atom. The summed E-state index contributed by atoms with van der Waals surface area (Å²) in [4.78, 5) is 29.3. The fraction of sp³-hybridized carbons (Fsp3) is 0.389. The van der Waals surface area contributed by atoms with Gasteiger partial charge in [-0.25, -0.2) is 8.42 Å². The summed E-state index contributed by atoms with van der Waals surface area (Å²) in [5, 5.41) is 3.52. The van der Waals surface area contributed by atoms with Gasteiger partial charge >= 0.3 is 6.18 Å². The Morgan fingerprint density at radius 1 is 1.36 bits per heavy atom. The minimum atomic E-state index is -4.79. The molecule has 0 bridgehead atoms. The summed E-state index contributed by atoms with van der Waals surface area (Å²) in [5.41, 5.74) is -1.71. The summed E-state index contributed by atoms with van der Waals surface area (Å²) in [6.45, 7) is 3.43. The number of carbonyl (C=O) groups is 2. The Balaban J connectivity index is 2.49. The monoisotopic (exact) mass is 417 g/mol. The lowest BCUT2D eigenvalue weighted by molar-refractivity contribution is -0.137. The number of ketones is 2. The second kappa shape index (κ2) is 8.26. The molecule has 0 radical (unpaired) electrons. The van der Waals surface area contributed by atoms with Gasteiger partial charge < -0.3 is 4.84 Å². The summed E-state index contributed by atoms with van der Waals surface area (Å²) in [6, 6.07) is 1.77. The number of oxime groups is 1. The molecule has 1 aliphatic carbocycles.